The third-order valence-corrected chi connectivity index (χ3v) is 4.21. The van der Waals surface area contributed by atoms with Crippen molar-refractivity contribution in [3.05, 3.63) is 29.6 Å². The highest BCUT2D eigenvalue weighted by Crippen LogP contribution is 2.25. The molecule has 2 rings (SSSR count). The number of hydrogen-bond donors (Lipinski definition) is 2. The van der Waals surface area contributed by atoms with Crippen molar-refractivity contribution in [1.29, 1.82) is 0 Å². The van der Waals surface area contributed by atoms with Crippen LogP contribution in [0.15, 0.2) is 18.2 Å². The molecule has 0 aromatic heterocycles. The van der Waals surface area contributed by atoms with E-state index in [9.17, 15) is 14.0 Å². The predicted molar refractivity (Wildman–Crippen MR) is 84.0 cm³/mol. The second-order valence-corrected chi connectivity index (χ2v) is 5.96. The summed E-state index contributed by atoms with van der Waals surface area (Å²) in [7, 11) is 0. The van der Waals surface area contributed by atoms with Gasteiger partial charge in [-0.25, -0.2) is 4.39 Å². The Morgan fingerprint density at radius 1 is 1.18 bits per heavy atom. The smallest absolute Gasteiger partial charge is 0.313 e. The number of benzene rings is 1. The molecule has 1 fully saturated rings. The van der Waals surface area contributed by atoms with Gasteiger partial charge in [-0.05, 0) is 43.0 Å². The van der Waals surface area contributed by atoms with Gasteiger partial charge >= 0.3 is 11.8 Å². The van der Waals surface area contributed by atoms with Gasteiger partial charge in [0.1, 0.15) is 5.82 Å². The molecule has 0 saturated heterocycles. The van der Waals surface area contributed by atoms with E-state index in [0.717, 1.165) is 6.42 Å². The lowest BCUT2D eigenvalue weighted by Gasteiger charge is -2.21. The first kappa shape index (κ1) is 16.5. The first-order valence-electron chi connectivity index (χ1n) is 7.91. The molecule has 1 saturated carbocycles. The van der Waals surface area contributed by atoms with Gasteiger partial charge in [-0.1, -0.05) is 32.1 Å². The summed E-state index contributed by atoms with van der Waals surface area (Å²) >= 11 is 0. The maximum absolute atomic E-state index is 13.0. The van der Waals surface area contributed by atoms with E-state index in [1.165, 1.54) is 50.3 Å². The van der Waals surface area contributed by atoms with E-state index in [1.807, 2.05) is 0 Å². The molecule has 2 amide bonds. The fourth-order valence-electron chi connectivity index (χ4n) is 2.89. The van der Waals surface area contributed by atoms with Gasteiger partial charge in [-0.15, -0.1) is 0 Å². The van der Waals surface area contributed by atoms with Crippen LogP contribution in [0, 0.1) is 18.7 Å². The Hall–Kier alpha value is -1.91. The topological polar surface area (TPSA) is 58.2 Å². The summed E-state index contributed by atoms with van der Waals surface area (Å²) in [6.45, 7) is 2.21. The van der Waals surface area contributed by atoms with Crippen molar-refractivity contribution in [2.45, 2.75) is 45.4 Å². The minimum Gasteiger partial charge on any atom is -0.348 e. The van der Waals surface area contributed by atoms with E-state index in [0.29, 0.717) is 23.7 Å². The third-order valence-electron chi connectivity index (χ3n) is 4.21. The zero-order chi connectivity index (χ0) is 15.9. The quantitative estimate of drug-likeness (QED) is 0.840. The standard InChI is InChI=1S/C17H23FN2O2/c1-12-11-14(18)7-8-15(12)20-17(22)16(21)19-10-9-13-5-3-2-4-6-13/h7-8,11,13H,2-6,9-10H2,1H3,(H,19,21)(H,20,22). The maximum Gasteiger partial charge on any atom is 0.313 e. The molecule has 0 aliphatic heterocycles. The first-order chi connectivity index (χ1) is 10.6. The largest absolute Gasteiger partial charge is 0.348 e. The fraction of sp³-hybridized carbons (Fsp3) is 0.529. The zero-order valence-electron chi connectivity index (χ0n) is 13.0. The van der Waals surface area contributed by atoms with Crippen LogP contribution < -0.4 is 10.6 Å². The molecule has 22 heavy (non-hydrogen) atoms. The summed E-state index contributed by atoms with van der Waals surface area (Å²) in [6, 6.07) is 4.03. The minimum absolute atomic E-state index is 0.368. The van der Waals surface area contributed by atoms with Gasteiger partial charge in [-0.2, -0.15) is 0 Å². The average molecular weight is 306 g/mol. The maximum atomic E-state index is 13.0. The molecule has 5 heteroatoms. The van der Waals surface area contributed by atoms with Crippen molar-refractivity contribution in [2.75, 3.05) is 11.9 Å². The van der Waals surface area contributed by atoms with E-state index in [-0.39, 0.29) is 5.82 Å². The normalized spacial score (nSPS) is 15.4. The number of carbonyl (C=O) groups excluding carboxylic acids is 2. The molecule has 0 unspecified atom stereocenters. The molecule has 1 aromatic carbocycles. The Morgan fingerprint density at radius 2 is 1.91 bits per heavy atom. The minimum atomic E-state index is -0.710. The molecule has 2 N–H and O–H groups in total. The number of anilines is 1. The van der Waals surface area contributed by atoms with E-state index in [4.69, 9.17) is 0 Å². The number of carbonyl (C=O) groups is 2. The van der Waals surface area contributed by atoms with E-state index < -0.39 is 11.8 Å². The van der Waals surface area contributed by atoms with Crippen molar-refractivity contribution in [2.24, 2.45) is 5.92 Å². The van der Waals surface area contributed by atoms with Crippen LogP contribution in [-0.2, 0) is 9.59 Å². The highest BCUT2D eigenvalue weighted by molar-refractivity contribution is 6.39. The van der Waals surface area contributed by atoms with Gasteiger partial charge in [0.05, 0.1) is 0 Å². The van der Waals surface area contributed by atoms with Crippen LogP contribution in [0.2, 0.25) is 0 Å². The lowest BCUT2D eigenvalue weighted by atomic mass is 9.87. The second-order valence-electron chi connectivity index (χ2n) is 5.96. The zero-order valence-corrected chi connectivity index (χ0v) is 13.0. The van der Waals surface area contributed by atoms with E-state index in [1.54, 1.807) is 6.92 Å². The van der Waals surface area contributed by atoms with Crippen LogP contribution in [0.4, 0.5) is 10.1 Å². The Morgan fingerprint density at radius 3 is 2.59 bits per heavy atom. The van der Waals surface area contributed by atoms with Crippen molar-refractivity contribution in [3.8, 4) is 0 Å². The van der Waals surface area contributed by atoms with Gasteiger partial charge in [0.15, 0.2) is 0 Å². The van der Waals surface area contributed by atoms with Crippen LogP contribution in [0.3, 0.4) is 0 Å². The number of rotatable bonds is 4. The van der Waals surface area contributed by atoms with Crippen LogP contribution in [0.5, 0.6) is 0 Å². The lowest BCUT2D eigenvalue weighted by molar-refractivity contribution is -0.136. The molecule has 0 spiro atoms. The fourth-order valence-corrected chi connectivity index (χ4v) is 2.89. The van der Waals surface area contributed by atoms with Crippen molar-refractivity contribution >= 4 is 17.5 Å². The summed E-state index contributed by atoms with van der Waals surface area (Å²) < 4.78 is 13.0. The second kappa shape index (κ2) is 7.92. The molecule has 0 atom stereocenters. The van der Waals surface area contributed by atoms with Crippen molar-refractivity contribution < 1.29 is 14.0 Å². The lowest BCUT2D eigenvalue weighted by Crippen LogP contribution is -2.36. The van der Waals surface area contributed by atoms with Gasteiger partial charge in [-0.3, -0.25) is 9.59 Å². The van der Waals surface area contributed by atoms with Gasteiger partial charge in [0.2, 0.25) is 0 Å². The molecular formula is C17H23FN2O2. The van der Waals surface area contributed by atoms with Crippen molar-refractivity contribution in [3.63, 3.8) is 0 Å². The molecule has 4 nitrogen and oxygen atoms in total. The van der Waals surface area contributed by atoms with Gasteiger partial charge in [0.25, 0.3) is 0 Å². The Bertz CT molecular complexity index is 539. The summed E-state index contributed by atoms with van der Waals surface area (Å²) in [5.41, 5.74) is 1.04. The SMILES string of the molecule is Cc1cc(F)ccc1NC(=O)C(=O)NCCC1CCCCC1. The predicted octanol–water partition coefficient (Wildman–Crippen LogP) is 3.16. The number of amides is 2. The van der Waals surface area contributed by atoms with Crippen molar-refractivity contribution in [1.82, 2.24) is 5.32 Å². The van der Waals surface area contributed by atoms with Crippen LogP contribution in [0.25, 0.3) is 0 Å². The number of halogens is 1. The van der Waals surface area contributed by atoms with E-state index in [2.05, 4.69) is 10.6 Å². The monoisotopic (exact) mass is 306 g/mol. The Labute approximate surface area is 130 Å². The molecule has 0 heterocycles. The van der Waals surface area contributed by atoms with E-state index >= 15 is 0 Å². The summed E-state index contributed by atoms with van der Waals surface area (Å²) in [5.74, 6) is -1.05. The van der Waals surface area contributed by atoms with Crippen LogP contribution in [0.1, 0.15) is 44.1 Å². The number of hydrogen-bond acceptors (Lipinski definition) is 2. The highest BCUT2D eigenvalue weighted by Gasteiger charge is 2.17. The van der Waals surface area contributed by atoms with Gasteiger partial charge < -0.3 is 10.6 Å². The molecule has 1 aliphatic carbocycles. The summed E-state index contributed by atoms with van der Waals surface area (Å²) in [5, 5.41) is 5.16. The average Bonchev–Trinajstić information content (AvgIpc) is 2.51. The molecular weight excluding hydrogens is 283 g/mol. The van der Waals surface area contributed by atoms with Crippen LogP contribution >= 0.6 is 0 Å². The molecule has 0 radical (unpaired) electrons. The summed E-state index contributed by atoms with van der Waals surface area (Å²) in [6.07, 6.45) is 7.20. The Balaban J connectivity index is 1.75. The number of nitrogens with one attached hydrogen (secondary N) is 2. The van der Waals surface area contributed by atoms with Crippen LogP contribution in [-0.4, -0.2) is 18.4 Å². The molecule has 0 bridgehead atoms. The number of aryl methyl sites for hydroxylation is 1. The highest BCUT2D eigenvalue weighted by atomic mass is 19.1. The molecule has 120 valence electrons. The third kappa shape index (κ3) is 4.83. The summed E-state index contributed by atoms with van der Waals surface area (Å²) in [4.78, 5) is 23.6. The van der Waals surface area contributed by atoms with Gasteiger partial charge in [0, 0.05) is 12.2 Å². The Kier molecular flexibility index (Phi) is 5.92. The first-order valence-corrected chi connectivity index (χ1v) is 7.91. The molecule has 1 aliphatic rings. The molecule has 1 aromatic rings.